The van der Waals surface area contributed by atoms with Gasteiger partial charge in [0.25, 0.3) is 0 Å². The molecular weight excluding hydrogens is 134 g/mol. The van der Waals surface area contributed by atoms with Gasteiger partial charge in [-0.1, -0.05) is 0 Å². The van der Waals surface area contributed by atoms with E-state index in [0.717, 1.165) is 0 Å². The molecule has 0 aliphatic carbocycles. The van der Waals surface area contributed by atoms with Crippen molar-refractivity contribution in [1.82, 2.24) is 4.90 Å². The third-order valence-electron chi connectivity index (χ3n) is 1.03. The van der Waals surface area contributed by atoms with Gasteiger partial charge in [-0.2, -0.15) is 0 Å². The maximum atomic E-state index is 10.5. The van der Waals surface area contributed by atoms with E-state index in [1.54, 1.807) is 13.5 Å². The van der Waals surface area contributed by atoms with E-state index in [0.29, 0.717) is 6.54 Å². The average molecular weight is 144 g/mol. The second-order valence-electron chi connectivity index (χ2n) is 1.84. The summed E-state index contributed by atoms with van der Waals surface area (Å²) in [4.78, 5) is 21.6. The van der Waals surface area contributed by atoms with Crippen LogP contribution in [0.5, 0.6) is 0 Å². The van der Waals surface area contributed by atoms with Gasteiger partial charge in [-0.3, -0.25) is 9.59 Å². The number of ether oxygens (including phenoxy) is 1. The Morgan fingerprint density at radius 2 is 2.30 bits per heavy atom. The first kappa shape index (κ1) is 8.94. The van der Waals surface area contributed by atoms with Crippen molar-refractivity contribution in [2.45, 2.75) is 6.42 Å². The van der Waals surface area contributed by atoms with Crippen LogP contribution in [-0.4, -0.2) is 38.0 Å². The molecule has 0 saturated heterocycles. The fourth-order valence-corrected chi connectivity index (χ4v) is 0.407. The first-order valence-corrected chi connectivity index (χ1v) is 2.86. The van der Waals surface area contributed by atoms with Gasteiger partial charge in [-0.15, -0.1) is 0 Å². The minimum atomic E-state index is -0.317. The van der Waals surface area contributed by atoms with Crippen LogP contribution in [0.15, 0.2) is 0 Å². The summed E-state index contributed by atoms with van der Waals surface area (Å²) in [7, 11) is 2.86. The Hall–Kier alpha value is -1.06. The Balaban J connectivity index is 3.34. The van der Waals surface area contributed by atoms with Gasteiger partial charge < -0.3 is 9.64 Å². The highest BCUT2D eigenvalue weighted by atomic mass is 16.5. The Labute approximate surface area is 59.8 Å². The van der Waals surface area contributed by atoms with Gasteiger partial charge in [-0.05, 0) is 0 Å². The van der Waals surface area contributed by atoms with Gasteiger partial charge in [0.15, 0.2) is 0 Å². The van der Waals surface area contributed by atoms with Crippen LogP contribution in [-0.2, 0) is 14.3 Å². The van der Waals surface area contributed by atoms with E-state index in [4.69, 9.17) is 0 Å². The minimum Gasteiger partial charge on any atom is -0.469 e. The molecule has 0 unspecified atom stereocenters. The van der Waals surface area contributed by atoms with Crippen LogP contribution in [0, 0.1) is 0 Å². The molecule has 0 atom stereocenters. The molecule has 0 bridgehead atoms. The third kappa shape index (κ3) is 3.88. The molecular formula is C6H10NO3. The van der Waals surface area contributed by atoms with E-state index in [9.17, 15) is 9.59 Å². The molecule has 10 heavy (non-hydrogen) atoms. The number of carbonyl (C=O) groups excluding carboxylic acids is 2. The topological polar surface area (TPSA) is 46.6 Å². The summed E-state index contributed by atoms with van der Waals surface area (Å²) in [5.74, 6) is -0.317. The number of amides is 1. The zero-order chi connectivity index (χ0) is 7.98. The van der Waals surface area contributed by atoms with Crippen LogP contribution < -0.4 is 0 Å². The number of rotatable bonds is 4. The lowest BCUT2D eigenvalue weighted by molar-refractivity contribution is -0.140. The van der Waals surface area contributed by atoms with Gasteiger partial charge in [0.05, 0.1) is 13.5 Å². The predicted molar refractivity (Wildman–Crippen MR) is 35.0 cm³/mol. The number of carbonyl (C=O) groups is 1. The van der Waals surface area contributed by atoms with E-state index in [1.165, 1.54) is 12.0 Å². The highest BCUT2D eigenvalue weighted by Crippen LogP contribution is 1.85. The molecule has 1 amide bonds. The van der Waals surface area contributed by atoms with Crippen molar-refractivity contribution >= 4 is 12.4 Å². The maximum absolute atomic E-state index is 10.5. The normalized spacial score (nSPS) is 8.60. The van der Waals surface area contributed by atoms with Gasteiger partial charge in [0, 0.05) is 13.6 Å². The molecule has 4 heteroatoms. The zero-order valence-corrected chi connectivity index (χ0v) is 6.09. The van der Waals surface area contributed by atoms with Crippen molar-refractivity contribution in [3.8, 4) is 0 Å². The SMILES string of the molecule is COC(=O)CCN(C)[C]=O. The van der Waals surface area contributed by atoms with Crippen molar-refractivity contribution in [3.05, 3.63) is 0 Å². The summed E-state index contributed by atoms with van der Waals surface area (Å²) >= 11 is 0. The first-order valence-electron chi connectivity index (χ1n) is 2.86. The number of hydrogen-bond donors (Lipinski definition) is 0. The summed E-state index contributed by atoms with van der Waals surface area (Å²) in [6.45, 7) is 0.357. The molecule has 57 valence electrons. The van der Waals surface area contributed by atoms with Crippen molar-refractivity contribution in [2.75, 3.05) is 20.7 Å². The summed E-state index contributed by atoms with van der Waals surface area (Å²) < 4.78 is 4.35. The van der Waals surface area contributed by atoms with Crippen LogP contribution in [0.25, 0.3) is 0 Å². The number of hydrogen-bond acceptors (Lipinski definition) is 3. The average Bonchev–Trinajstić information content (AvgIpc) is 1.99. The lowest BCUT2D eigenvalue weighted by atomic mass is 10.4. The second kappa shape index (κ2) is 4.78. The Morgan fingerprint density at radius 3 is 2.70 bits per heavy atom. The molecule has 0 aromatic heterocycles. The van der Waals surface area contributed by atoms with Crippen LogP contribution >= 0.6 is 0 Å². The Bertz CT molecular complexity index is 124. The minimum absolute atomic E-state index is 0.224. The molecule has 0 saturated carbocycles. The van der Waals surface area contributed by atoms with E-state index in [1.807, 2.05) is 0 Å². The molecule has 0 heterocycles. The summed E-state index contributed by atoms with van der Waals surface area (Å²) in [6.07, 6.45) is 1.84. The Morgan fingerprint density at radius 1 is 1.70 bits per heavy atom. The lowest BCUT2D eigenvalue weighted by Crippen LogP contribution is -2.20. The summed E-state index contributed by atoms with van der Waals surface area (Å²) in [5.41, 5.74) is 0. The van der Waals surface area contributed by atoms with Crippen molar-refractivity contribution in [3.63, 3.8) is 0 Å². The smallest absolute Gasteiger partial charge is 0.311 e. The lowest BCUT2D eigenvalue weighted by Gasteiger charge is -2.06. The van der Waals surface area contributed by atoms with E-state index in [2.05, 4.69) is 4.74 Å². The third-order valence-corrected chi connectivity index (χ3v) is 1.03. The molecule has 0 aliphatic rings. The number of esters is 1. The van der Waals surface area contributed by atoms with Crippen molar-refractivity contribution in [1.29, 1.82) is 0 Å². The fraction of sp³-hybridized carbons (Fsp3) is 0.667. The van der Waals surface area contributed by atoms with E-state index < -0.39 is 0 Å². The zero-order valence-electron chi connectivity index (χ0n) is 6.09. The Kier molecular flexibility index (Phi) is 4.28. The molecule has 0 fully saturated rings. The molecule has 0 N–H and O–H groups in total. The predicted octanol–water partition coefficient (Wildman–Crippen LogP) is -0.452. The first-order chi connectivity index (χ1) is 4.70. The fourth-order valence-electron chi connectivity index (χ4n) is 0.407. The monoisotopic (exact) mass is 144 g/mol. The van der Waals surface area contributed by atoms with E-state index >= 15 is 0 Å². The van der Waals surface area contributed by atoms with Crippen molar-refractivity contribution < 1.29 is 14.3 Å². The van der Waals surface area contributed by atoms with Crippen LogP contribution in [0.4, 0.5) is 0 Å². The number of nitrogens with zero attached hydrogens (tertiary/aromatic N) is 1. The molecule has 0 rings (SSSR count). The molecule has 1 radical (unpaired) electrons. The number of methoxy groups -OCH3 is 1. The maximum Gasteiger partial charge on any atom is 0.311 e. The van der Waals surface area contributed by atoms with Gasteiger partial charge in [-0.25, -0.2) is 0 Å². The van der Waals surface area contributed by atoms with Gasteiger partial charge in [0.2, 0.25) is 0 Å². The largest absolute Gasteiger partial charge is 0.469 e. The summed E-state index contributed by atoms with van der Waals surface area (Å²) in [6, 6.07) is 0. The molecule has 4 nitrogen and oxygen atoms in total. The molecule has 0 aromatic carbocycles. The molecule has 0 aliphatic heterocycles. The molecule has 0 spiro atoms. The van der Waals surface area contributed by atoms with E-state index in [-0.39, 0.29) is 12.4 Å². The van der Waals surface area contributed by atoms with Crippen molar-refractivity contribution in [2.24, 2.45) is 0 Å². The quantitative estimate of drug-likeness (QED) is 0.396. The summed E-state index contributed by atoms with van der Waals surface area (Å²) in [5, 5.41) is 0. The van der Waals surface area contributed by atoms with Gasteiger partial charge >= 0.3 is 12.4 Å². The van der Waals surface area contributed by atoms with Crippen LogP contribution in [0.3, 0.4) is 0 Å². The standard InChI is InChI=1S/C6H10NO3/c1-7(5-8)4-3-6(9)10-2/h3-4H2,1-2H3. The highest BCUT2D eigenvalue weighted by Gasteiger charge is 2.01. The van der Waals surface area contributed by atoms with Crippen LogP contribution in [0.1, 0.15) is 6.42 Å². The molecule has 0 aromatic rings. The highest BCUT2D eigenvalue weighted by molar-refractivity contribution is 5.69. The van der Waals surface area contributed by atoms with Crippen LogP contribution in [0.2, 0.25) is 0 Å². The second-order valence-corrected chi connectivity index (χ2v) is 1.84. The van der Waals surface area contributed by atoms with Gasteiger partial charge in [0.1, 0.15) is 0 Å².